The molecule has 6 atom stereocenters. The van der Waals surface area contributed by atoms with E-state index in [1.54, 1.807) is 0 Å². The number of carbonyl (C=O) groups is 2. The normalized spacial score (nSPS) is 32.2. The molecule has 1 saturated heterocycles. The SMILES string of the molecule is CC(C)C[C@H](NC(=O)C1CC(CNC(=O)Cc2ccccc2)=NO1)B1O[C@@H]2C[C@@H]3C[C@@H](C3(C)C)[C@]2(C)O1. The van der Waals surface area contributed by atoms with E-state index in [-0.39, 0.29) is 41.4 Å². The molecule has 0 radical (unpaired) electrons. The first kappa shape index (κ1) is 26.2. The van der Waals surface area contributed by atoms with Crippen LogP contribution in [0.5, 0.6) is 0 Å². The van der Waals surface area contributed by atoms with Crippen LogP contribution in [0.2, 0.25) is 0 Å². The van der Waals surface area contributed by atoms with E-state index in [1.165, 1.54) is 6.42 Å². The van der Waals surface area contributed by atoms with Crippen LogP contribution in [0.1, 0.15) is 65.9 Å². The standard InChI is InChI=1S/C28H40BN3O5/c1-17(2)11-24(29-35-23-14-19-13-22(27(19,3)4)28(23,5)37-29)31-26(34)21-15-20(32-36-21)16-30-25(33)12-18-9-7-6-8-10-18/h6-10,17,19,21-24H,11-16H2,1-5H3,(H,30,33)(H,31,34)/t19-,21?,22-,23+,24-,28-/m0/s1. The van der Waals surface area contributed by atoms with Gasteiger partial charge in [0.1, 0.15) is 0 Å². The number of nitrogens with zero attached hydrogens (tertiary/aromatic N) is 1. The Kier molecular flexibility index (Phi) is 7.13. The molecule has 37 heavy (non-hydrogen) atoms. The Hall–Kier alpha value is -2.39. The summed E-state index contributed by atoms with van der Waals surface area (Å²) < 4.78 is 13.1. The minimum absolute atomic E-state index is 0.0676. The molecular formula is C28H40BN3O5. The summed E-state index contributed by atoms with van der Waals surface area (Å²) in [6.07, 6.45) is 2.94. The number of nitrogens with one attached hydrogen (secondary N) is 2. The summed E-state index contributed by atoms with van der Waals surface area (Å²) >= 11 is 0. The van der Waals surface area contributed by atoms with E-state index in [0.29, 0.717) is 36.3 Å². The summed E-state index contributed by atoms with van der Waals surface area (Å²) in [7, 11) is -0.476. The Morgan fingerprint density at radius 2 is 1.92 bits per heavy atom. The van der Waals surface area contributed by atoms with Crippen molar-refractivity contribution in [1.82, 2.24) is 10.6 Å². The molecule has 8 nitrogen and oxygen atoms in total. The number of benzene rings is 1. The maximum Gasteiger partial charge on any atom is 0.481 e. The topological polar surface area (TPSA) is 98.3 Å². The molecule has 2 heterocycles. The molecule has 6 rings (SSSR count). The van der Waals surface area contributed by atoms with Crippen LogP contribution in [0.4, 0.5) is 0 Å². The minimum Gasteiger partial charge on any atom is -0.404 e. The first-order chi connectivity index (χ1) is 17.6. The minimum atomic E-state index is -0.721. The van der Waals surface area contributed by atoms with Crippen molar-refractivity contribution < 1.29 is 23.7 Å². The third-order valence-corrected chi connectivity index (χ3v) is 9.07. The average molecular weight is 509 g/mol. The molecule has 2 bridgehead atoms. The van der Waals surface area contributed by atoms with E-state index in [0.717, 1.165) is 18.4 Å². The zero-order valence-electron chi connectivity index (χ0n) is 22.7. The van der Waals surface area contributed by atoms with E-state index in [4.69, 9.17) is 14.1 Å². The second-order valence-electron chi connectivity index (χ2n) is 12.5. The fraction of sp³-hybridized carbons (Fsp3) is 0.679. The Morgan fingerprint density at radius 1 is 1.16 bits per heavy atom. The van der Waals surface area contributed by atoms with Crippen LogP contribution < -0.4 is 10.6 Å². The fourth-order valence-corrected chi connectivity index (χ4v) is 6.81. The number of hydrogen-bond acceptors (Lipinski definition) is 6. The van der Waals surface area contributed by atoms with Gasteiger partial charge in [-0.05, 0) is 54.9 Å². The molecule has 1 aromatic carbocycles. The highest BCUT2D eigenvalue weighted by molar-refractivity contribution is 6.48. The Bertz CT molecular complexity index is 1050. The maximum absolute atomic E-state index is 13.2. The lowest BCUT2D eigenvalue weighted by atomic mass is 9.43. The van der Waals surface area contributed by atoms with Gasteiger partial charge in [-0.15, -0.1) is 0 Å². The van der Waals surface area contributed by atoms with Gasteiger partial charge in [0.05, 0.1) is 36.3 Å². The molecule has 2 N–H and O–H groups in total. The summed E-state index contributed by atoms with van der Waals surface area (Å²) in [4.78, 5) is 30.9. The predicted octanol–water partition coefficient (Wildman–Crippen LogP) is 3.29. The lowest BCUT2D eigenvalue weighted by Crippen LogP contribution is -2.65. The quantitative estimate of drug-likeness (QED) is 0.498. The highest BCUT2D eigenvalue weighted by Gasteiger charge is 2.68. The van der Waals surface area contributed by atoms with E-state index in [9.17, 15) is 9.59 Å². The van der Waals surface area contributed by atoms with Crippen LogP contribution in [-0.4, -0.2) is 54.9 Å². The van der Waals surface area contributed by atoms with Gasteiger partial charge in [-0.1, -0.05) is 63.2 Å². The second kappa shape index (κ2) is 10.1. The molecule has 200 valence electrons. The Balaban J connectivity index is 1.14. The molecule has 2 amide bonds. The molecule has 0 spiro atoms. The number of oxime groups is 1. The number of amides is 2. The predicted molar refractivity (Wildman–Crippen MR) is 142 cm³/mol. The van der Waals surface area contributed by atoms with Gasteiger partial charge in [-0.25, -0.2) is 0 Å². The van der Waals surface area contributed by atoms with E-state index < -0.39 is 13.2 Å². The summed E-state index contributed by atoms with van der Waals surface area (Å²) in [5.41, 5.74) is 1.54. The molecule has 2 aliphatic heterocycles. The molecule has 1 unspecified atom stereocenters. The van der Waals surface area contributed by atoms with Crippen LogP contribution in [0.3, 0.4) is 0 Å². The summed E-state index contributed by atoms with van der Waals surface area (Å²) in [5.74, 6) is 0.909. The lowest BCUT2D eigenvalue weighted by molar-refractivity contribution is -0.199. The van der Waals surface area contributed by atoms with Gasteiger partial charge < -0.3 is 24.8 Å². The second-order valence-corrected chi connectivity index (χ2v) is 12.5. The first-order valence-electron chi connectivity index (χ1n) is 13.7. The zero-order chi connectivity index (χ0) is 26.4. The van der Waals surface area contributed by atoms with E-state index in [2.05, 4.69) is 50.4 Å². The Morgan fingerprint density at radius 3 is 2.62 bits per heavy atom. The largest absolute Gasteiger partial charge is 0.481 e. The third kappa shape index (κ3) is 5.17. The van der Waals surface area contributed by atoms with Crippen molar-refractivity contribution in [3.05, 3.63) is 35.9 Å². The van der Waals surface area contributed by atoms with Gasteiger partial charge in [-0.3, -0.25) is 9.59 Å². The first-order valence-corrected chi connectivity index (χ1v) is 13.7. The maximum atomic E-state index is 13.2. The molecule has 9 heteroatoms. The van der Waals surface area contributed by atoms with Gasteiger partial charge in [0.15, 0.2) is 0 Å². The van der Waals surface area contributed by atoms with Crippen molar-refractivity contribution in [1.29, 1.82) is 0 Å². The third-order valence-electron chi connectivity index (χ3n) is 9.07. The van der Waals surface area contributed by atoms with Crippen LogP contribution in [-0.2, 0) is 30.2 Å². The van der Waals surface area contributed by atoms with Crippen molar-refractivity contribution in [3.8, 4) is 0 Å². The molecule has 4 fully saturated rings. The van der Waals surface area contributed by atoms with E-state index in [1.807, 2.05) is 30.3 Å². The van der Waals surface area contributed by atoms with Gasteiger partial charge in [-0.2, -0.15) is 0 Å². The summed E-state index contributed by atoms with van der Waals surface area (Å²) in [5, 5.41) is 10.1. The van der Waals surface area contributed by atoms with Crippen LogP contribution >= 0.6 is 0 Å². The van der Waals surface area contributed by atoms with Gasteiger partial charge in [0.2, 0.25) is 12.0 Å². The summed E-state index contributed by atoms with van der Waals surface area (Å²) in [6, 6.07) is 9.57. The van der Waals surface area contributed by atoms with Crippen LogP contribution in [0, 0.1) is 23.2 Å². The molecule has 3 saturated carbocycles. The van der Waals surface area contributed by atoms with Crippen molar-refractivity contribution in [2.75, 3.05) is 6.54 Å². The molecule has 5 aliphatic rings. The molecule has 0 aromatic heterocycles. The highest BCUT2D eigenvalue weighted by atomic mass is 16.7. The monoisotopic (exact) mass is 509 g/mol. The smallest absolute Gasteiger partial charge is 0.404 e. The van der Waals surface area contributed by atoms with Crippen molar-refractivity contribution >= 4 is 24.6 Å². The van der Waals surface area contributed by atoms with Gasteiger partial charge >= 0.3 is 7.12 Å². The number of rotatable bonds is 9. The molecule has 1 aromatic rings. The van der Waals surface area contributed by atoms with Crippen molar-refractivity contribution in [3.63, 3.8) is 0 Å². The van der Waals surface area contributed by atoms with Gasteiger partial charge in [0.25, 0.3) is 5.91 Å². The number of hydrogen-bond donors (Lipinski definition) is 2. The Labute approximate surface area is 220 Å². The zero-order valence-corrected chi connectivity index (χ0v) is 22.7. The lowest BCUT2D eigenvalue weighted by Gasteiger charge is -2.64. The number of carbonyl (C=O) groups excluding carboxylic acids is 2. The van der Waals surface area contributed by atoms with E-state index >= 15 is 0 Å². The van der Waals surface area contributed by atoms with Crippen molar-refractivity contribution in [2.45, 2.75) is 90.5 Å². The molecule has 3 aliphatic carbocycles. The average Bonchev–Trinajstić information content (AvgIpc) is 3.46. The fourth-order valence-electron chi connectivity index (χ4n) is 6.81. The van der Waals surface area contributed by atoms with Gasteiger partial charge in [0, 0.05) is 6.42 Å². The highest BCUT2D eigenvalue weighted by Crippen LogP contribution is 2.65. The summed E-state index contributed by atoms with van der Waals surface area (Å²) in [6.45, 7) is 11.4. The van der Waals surface area contributed by atoms with Crippen molar-refractivity contribution in [2.24, 2.45) is 28.3 Å². The van der Waals surface area contributed by atoms with Crippen LogP contribution in [0.15, 0.2) is 35.5 Å². The van der Waals surface area contributed by atoms with Crippen LogP contribution in [0.25, 0.3) is 0 Å². The molecular weight excluding hydrogens is 469 g/mol.